The molecule has 8 aromatic rings. The quantitative estimate of drug-likeness (QED) is 0.0618. The molecule has 0 radical (unpaired) electrons. The number of piperazine rings is 3. The third kappa shape index (κ3) is 19.0. The Labute approximate surface area is 755 Å². The summed E-state index contributed by atoms with van der Waals surface area (Å²) in [5, 5.41) is 45.7. The average Bonchev–Trinajstić information content (AvgIpc) is 0.836. The highest BCUT2D eigenvalue weighted by molar-refractivity contribution is 5.97. The molecule has 0 bridgehead atoms. The van der Waals surface area contributed by atoms with Crippen LogP contribution in [-0.2, 0) is 59.5 Å². The van der Waals surface area contributed by atoms with Gasteiger partial charge in [-0.25, -0.2) is 28.1 Å². The molecule has 9 aliphatic rings. The Morgan fingerprint density at radius 2 is 0.792 bits per heavy atom. The fourth-order valence-electron chi connectivity index (χ4n) is 21.0. The summed E-state index contributed by atoms with van der Waals surface area (Å²) < 4.78 is 102. The molecular weight excluding hydrogens is 1670 g/mol. The summed E-state index contributed by atoms with van der Waals surface area (Å²) >= 11 is 0. The molecule has 13 heterocycles. The third-order valence-electron chi connectivity index (χ3n) is 27.3. The van der Waals surface area contributed by atoms with Crippen LogP contribution < -0.4 is 43.6 Å². The predicted octanol–water partition coefficient (Wildman–Crippen LogP) is 14.1. The zero-order valence-electron chi connectivity index (χ0n) is 75.3. The lowest BCUT2D eigenvalue weighted by molar-refractivity contribution is -0.137. The number of ether oxygens (including phenoxy) is 3. The second-order valence-corrected chi connectivity index (χ2v) is 36.0. The van der Waals surface area contributed by atoms with Gasteiger partial charge in [0.15, 0.2) is 17.5 Å². The van der Waals surface area contributed by atoms with Gasteiger partial charge in [-0.15, -0.1) is 0 Å². The van der Waals surface area contributed by atoms with Crippen molar-refractivity contribution in [3.63, 3.8) is 0 Å². The van der Waals surface area contributed by atoms with Crippen LogP contribution in [0, 0.1) is 34.0 Å². The van der Waals surface area contributed by atoms with E-state index in [1.165, 1.54) is 17.0 Å². The first kappa shape index (κ1) is 92.3. The normalized spacial score (nSPS) is 22.4. The van der Waals surface area contributed by atoms with Gasteiger partial charge < -0.3 is 78.1 Å². The van der Waals surface area contributed by atoms with Crippen molar-refractivity contribution in [2.75, 3.05) is 149 Å². The fraction of sp³-hybridized carbons (Fsp3) is 0.469. The van der Waals surface area contributed by atoms with Crippen molar-refractivity contribution in [1.29, 1.82) is 15.8 Å². The molecule has 9 aliphatic heterocycles. The van der Waals surface area contributed by atoms with Crippen LogP contribution in [0.15, 0.2) is 135 Å². The number of benzene rings is 4. The number of anilines is 6. The van der Waals surface area contributed by atoms with E-state index in [1.807, 2.05) is 90.1 Å². The number of likely N-dealkylation sites (tertiary alicyclic amines) is 3. The van der Waals surface area contributed by atoms with Crippen LogP contribution in [0.25, 0.3) is 21.5 Å². The smallest absolute Gasteiger partial charge is 0.418 e. The van der Waals surface area contributed by atoms with E-state index in [1.54, 1.807) is 32.9 Å². The van der Waals surface area contributed by atoms with E-state index in [2.05, 4.69) is 116 Å². The lowest BCUT2D eigenvalue weighted by atomic mass is 9.96. The Bertz CT molecular complexity index is 5760. The number of phenolic OH excluding ortho intramolecular Hbond substituents is 1. The van der Waals surface area contributed by atoms with E-state index in [4.69, 9.17) is 29.2 Å². The van der Waals surface area contributed by atoms with E-state index >= 15 is 0 Å². The number of phenols is 1. The van der Waals surface area contributed by atoms with Gasteiger partial charge in [0.25, 0.3) is 17.7 Å². The topological polar surface area (TPSA) is 261 Å². The van der Waals surface area contributed by atoms with Gasteiger partial charge in [-0.3, -0.25) is 19.4 Å². The minimum atomic E-state index is -4.52. The Hall–Kier alpha value is -12.4. The highest BCUT2D eigenvalue weighted by Gasteiger charge is 2.44. The molecule has 6 fully saturated rings. The molecule has 9 atom stereocenters. The number of nitriles is 3. The van der Waals surface area contributed by atoms with Crippen LogP contribution in [-0.4, -0.2) is 246 Å². The Morgan fingerprint density at radius 1 is 0.454 bits per heavy atom. The second-order valence-electron chi connectivity index (χ2n) is 36.0. The third-order valence-corrected chi connectivity index (χ3v) is 27.3. The van der Waals surface area contributed by atoms with Crippen LogP contribution in [0.5, 0.6) is 23.4 Å². The van der Waals surface area contributed by atoms with Crippen molar-refractivity contribution in [3.8, 4) is 41.6 Å². The molecule has 0 saturated carbocycles. The number of carbonyl (C=O) groups is 3. The molecule has 17 rings (SSSR count). The lowest BCUT2D eigenvalue weighted by Gasteiger charge is -2.46. The van der Waals surface area contributed by atoms with Gasteiger partial charge in [0.1, 0.15) is 60.5 Å². The largest absolute Gasteiger partial charge is 0.508 e. The van der Waals surface area contributed by atoms with E-state index in [0.717, 1.165) is 143 Å². The zero-order valence-corrected chi connectivity index (χ0v) is 75.3. The number of rotatable bonds is 18. The maximum absolute atomic E-state index is 13.9. The van der Waals surface area contributed by atoms with E-state index in [9.17, 15) is 61.6 Å². The minimum Gasteiger partial charge on any atom is -0.508 e. The number of alkyl halides is 3. The van der Waals surface area contributed by atoms with Gasteiger partial charge in [0.2, 0.25) is 17.6 Å². The number of halogens is 6. The molecule has 4 aromatic heterocycles. The van der Waals surface area contributed by atoms with Crippen molar-refractivity contribution in [3.05, 3.63) is 191 Å². The summed E-state index contributed by atoms with van der Waals surface area (Å²) in [5.41, 5.74) is 9.99. The average molecular weight is 1780 g/mol. The summed E-state index contributed by atoms with van der Waals surface area (Å²) in [6.45, 7) is 30.5. The van der Waals surface area contributed by atoms with Crippen molar-refractivity contribution in [2.45, 2.75) is 180 Å². The number of nitrogens with zero attached hydrogens (tertiary/aromatic N) is 19. The molecule has 0 spiro atoms. The van der Waals surface area contributed by atoms with Crippen LogP contribution in [0.2, 0.25) is 0 Å². The van der Waals surface area contributed by atoms with Gasteiger partial charge in [-0.1, -0.05) is 56.1 Å². The maximum atomic E-state index is 13.9. The number of likely N-dealkylation sites (N-methyl/N-ethyl adjacent to an activating group) is 3. The van der Waals surface area contributed by atoms with Crippen LogP contribution in [0.3, 0.4) is 0 Å². The van der Waals surface area contributed by atoms with E-state index in [-0.39, 0.29) is 78.3 Å². The highest BCUT2D eigenvalue weighted by Crippen LogP contribution is 2.47. The van der Waals surface area contributed by atoms with Crippen molar-refractivity contribution in [2.24, 2.45) is 0 Å². The molecule has 3 amide bonds. The highest BCUT2D eigenvalue weighted by atomic mass is 19.4. The molecule has 130 heavy (non-hydrogen) atoms. The van der Waals surface area contributed by atoms with Crippen molar-refractivity contribution >= 4 is 73.4 Å². The summed E-state index contributed by atoms with van der Waals surface area (Å²) in [5.74, 6) is -4.01. The number of hydrogen-bond acceptors (Lipinski definition) is 23. The van der Waals surface area contributed by atoms with Gasteiger partial charge >= 0.3 is 6.18 Å². The van der Waals surface area contributed by atoms with Gasteiger partial charge in [-0.2, -0.15) is 29.0 Å². The number of fused-ring (bicyclic) bond motifs is 5. The first-order valence-corrected chi connectivity index (χ1v) is 44.9. The van der Waals surface area contributed by atoms with Gasteiger partial charge in [-0.05, 0) is 194 Å². The van der Waals surface area contributed by atoms with Crippen LogP contribution in [0.4, 0.5) is 60.5 Å². The van der Waals surface area contributed by atoms with Crippen LogP contribution >= 0.6 is 0 Å². The molecular formula is C98H113F6N19O7. The fourth-order valence-corrected chi connectivity index (χ4v) is 21.0. The Morgan fingerprint density at radius 3 is 1.13 bits per heavy atom. The van der Waals surface area contributed by atoms with Gasteiger partial charge in [0, 0.05) is 176 Å². The number of aromatic hydroxyl groups is 1. The standard InChI is InChI=1S/C34H39FN6O3.C33H38FN7O2.C31H36F4N6O2/c1-21-17-40(18-22(2)41(21)34(43)23(3)35)32-28-12-14-39(31-9-5-7-24-15-26(42)10-11-27(24)31)19-30(28)37-33(29(32)16-36)44-20-25-8-6-13-38(25)4;1-21-17-40(18-22(2)41(21)33(42)23(3)34)31-27-11-14-39(30-9-5-7-24-16-36-12-10-26(24)30)19-29(27)37-32(28(31)15-35)43-20-25-8-6-13-38(25)4;1-19-15-40(16-20(2)41(19)30(42)21(3)32)28-23-11-13-39(27-10-6-5-9-25(27)31(33,34)35)17-26(23)37-29(24(28)14-36)43-18-22-8-7-12-38(22)4/h5,7,9-11,15,21-22,25,42H,3,6,8,12-14,17-20H2,1-2,4H3;5,7,9-10,12,16,21-22,25H,3,6,8,11,13-14,17-20H2,1-2,4H3;5-6,9-10,19-20,22H,3,7-8,11-13,15-18H2,1-2,4H3/t2*21-,22+,25-;19-,20+,22-/m000/s1. The van der Waals surface area contributed by atoms with E-state index in [0.29, 0.717) is 132 Å². The monoisotopic (exact) mass is 1780 g/mol. The number of carbonyl (C=O) groups excluding carboxylic acids is 3. The number of para-hydroxylation sites is 1. The molecule has 1 N–H and O–H groups in total. The SMILES string of the molecule is C=C(F)C(=O)N1[C@H](C)CN(c2c(C#N)c(OC[C@@H]3CCCN3C)nc3c2CCN(c2cccc4cc(O)ccc24)C3)C[C@@H]1C.C=C(F)C(=O)N1[C@H](C)CN(c2c(C#N)c(OC[C@@H]3CCCN3C)nc3c2CCN(c2cccc4cnccc24)C3)C[C@@H]1C.C=C(F)C(=O)N1[C@H](C)CN(c2c(C#N)c(OC[C@@H]3CCCN3C)nc3c2CCN(c2ccccc2C(F)(F)F)C3)C[C@@H]1C. The molecule has 0 unspecified atom stereocenters. The van der Waals surface area contributed by atoms with Crippen molar-refractivity contribution in [1.82, 2.24) is 49.3 Å². The summed E-state index contributed by atoms with van der Waals surface area (Å²) in [4.78, 5) is 80.8. The van der Waals surface area contributed by atoms with Crippen LogP contribution in [0.1, 0.15) is 136 Å². The number of pyridine rings is 4. The first-order chi connectivity index (χ1) is 62.3. The summed E-state index contributed by atoms with van der Waals surface area (Å²) in [6.07, 6.45) is 7.19. The lowest BCUT2D eigenvalue weighted by Crippen LogP contribution is -2.59. The zero-order chi connectivity index (χ0) is 92.4. The molecule has 6 saturated heterocycles. The Kier molecular flexibility index (Phi) is 27.7. The molecule has 4 aromatic carbocycles. The summed E-state index contributed by atoms with van der Waals surface area (Å²) in [7, 11) is 6.21. The molecule has 32 heteroatoms. The molecule has 0 aliphatic carbocycles. The van der Waals surface area contributed by atoms with Gasteiger partial charge in [0.05, 0.1) is 59.3 Å². The Balaban J connectivity index is 0.000000150. The van der Waals surface area contributed by atoms with E-state index < -0.39 is 59.0 Å². The van der Waals surface area contributed by atoms with Crippen molar-refractivity contribution < 1.29 is 60.0 Å². The maximum Gasteiger partial charge on any atom is 0.418 e. The minimum absolute atomic E-state index is 0.0734. The first-order valence-electron chi connectivity index (χ1n) is 44.9. The number of aromatic nitrogens is 4. The number of amides is 3. The summed E-state index contributed by atoms with van der Waals surface area (Å²) in [6, 6.07) is 31.2. The molecule has 684 valence electrons. The molecule has 26 nitrogen and oxygen atoms in total. The second kappa shape index (κ2) is 39.1. The number of hydrogen-bond donors (Lipinski definition) is 1. The predicted molar refractivity (Wildman–Crippen MR) is 488 cm³/mol.